The lowest BCUT2D eigenvalue weighted by Crippen LogP contribution is -2.47. The van der Waals surface area contributed by atoms with E-state index < -0.39 is 6.04 Å². The van der Waals surface area contributed by atoms with Crippen LogP contribution in [0.3, 0.4) is 0 Å². The largest absolute Gasteiger partial charge is 0.497 e. The third-order valence-corrected chi connectivity index (χ3v) is 7.83. The minimum atomic E-state index is -0.443. The van der Waals surface area contributed by atoms with Crippen molar-refractivity contribution in [1.82, 2.24) is 15.1 Å². The fourth-order valence-corrected chi connectivity index (χ4v) is 5.31. The monoisotopic (exact) mass is 612 g/mol. The molecule has 0 saturated carbocycles. The molecule has 0 saturated heterocycles. The molecule has 0 fully saturated rings. The number of carbonyl (C=O) groups excluding carboxylic acids is 2. The van der Waals surface area contributed by atoms with Crippen molar-refractivity contribution in [1.29, 1.82) is 0 Å². The number of methoxy groups -OCH3 is 1. The minimum Gasteiger partial charge on any atom is -0.497 e. The van der Waals surface area contributed by atoms with E-state index in [-0.39, 0.29) is 42.7 Å². The van der Waals surface area contributed by atoms with Crippen LogP contribution >= 0.6 is 0 Å². The molecule has 10 nitrogen and oxygen atoms in total. The first-order valence-corrected chi connectivity index (χ1v) is 15.7. The maximum absolute atomic E-state index is 14.2. The summed E-state index contributed by atoms with van der Waals surface area (Å²) in [4.78, 5) is 30.6. The van der Waals surface area contributed by atoms with Crippen molar-refractivity contribution in [2.45, 2.75) is 84.7 Å². The van der Waals surface area contributed by atoms with E-state index >= 15 is 0 Å². The van der Waals surface area contributed by atoms with Gasteiger partial charge in [0, 0.05) is 43.9 Å². The third-order valence-electron chi connectivity index (χ3n) is 7.83. The number of rotatable bonds is 9. The molecule has 3 amide bonds. The first-order chi connectivity index (χ1) is 21.0. The molecule has 2 aromatic rings. The molecule has 10 heteroatoms. The van der Waals surface area contributed by atoms with E-state index in [0.717, 1.165) is 31.6 Å². The highest BCUT2D eigenvalue weighted by molar-refractivity contribution is 5.99. The van der Waals surface area contributed by atoms with Gasteiger partial charge in [0.15, 0.2) is 0 Å². The molecule has 4 atom stereocenters. The second kappa shape index (κ2) is 17.2. The van der Waals surface area contributed by atoms with Crippen molar-refractivity contribution >= 4 is 17.6 Å². The van der Waals surface area contributed by atoms with E-state index in [1.165, 1.54) is 5.56 Å². The highest BCUT2D eigenvalue weighted by Crippen LogP contribution is 2.28. The predicted molar refractivity (Wildman–Crippen MR) is 173 cm³/mol. The van der Waals surface area contributed by atoms with Gasteiger partial charge in [0.25, 0.3) is 5.91 Å². The Balaban J connectivity index is 1.88. The van der Waals surface area contributed by atoms with Gasteiger partial charge in [0.05, 0.1) is 37.5 Å². The van der Waals surface area contributed by atoms with E-state index in [2.05, 4.69) is 41.6 Å². The summed E-state index contributed by atoms with van der Waals surface area (Å²) >= 11 is 0. The number of amides is 3. The fourth-order valence-electron chi connectivity index (χ4n) is 5.31. The molecule has 0 aliphatic carbocycles. The summed E-state index contributed by atoms with van der Waals surface area (Å²) in [6, 6.07) is 12.4. The van der Waals surface area contributed by atoms with Crippen molar-refractivity contribution in [3.05, 3.63) is 53.6 Å². The summed E-state index contributed by atoms with van der Waals surface area (Å²) < 4.78 is 18.1. The Hall–Kier alpha value is -3.34. The van der Waals surface area contributed by atoms with Gasteiger partial charge >= 0.3 is 6.03 Å². The van der Waals surface area contributed by atoms with Gasteiger partial charge in [-0.3, -0.25) is 9.69 Å². The summed E-state index contributed by atoms with van der Waals surface area (Å²) in [5.41, 5.74) is 2.00. The van der Waals surface area contributed by atoms with Gasteiger partial charge in [0.2, 0.25) is 0 Å². The van der Waals surface area contributed by atoms with E-state index in [0.29, 0.717) is 36.7 Å². The molecule has 244 valence electrons. The molecule has 2 aromatic carbocycles. The van der Waals surface area contributed by atoms with E-state index in [1.807, 2.05) is 39.8 Å². The van der Waals surface area contributed by atoms with Gasteiger partial charge in [-0.15, -0.1) is 0 Å². The number of hydrogen-bond acceptors (Lipinski definition) is 7. The van der Waals surface area contributed by atoms with Gasteiger partial charge in [-0.25, -0.2) is 4.79 Å². The Morgan fingerprint density at radius 2 is 1.86 bits per heavy atom. The first kappa shape index (κ1) is 35.1. The molecule has 44 heavy (non-hydrogen) atoms. The summed E-state index contributed by atoms with van der Waals surface area (Å²) in [5, 5.41) is 15.8. The number of fused-ring (bicyclic) bond motifs is 1. The van der Waals surface area contributed by atoms with Crippen LogP contribution in [0.25, 0.3) is 0 Å². The number of aliphatic hydroxyl groups is 1. The molecule has 0 bridgehead atoms. The molecule has 1 aliphatic heterocycles. The van der Waals surface area contributed by atoms with Crippen LogP contribution < -0.4 is 20.1 Å². The van der Waals surface area contributed by atoms with Gasteiger partial charge in [-0.2, -0.15) is 0 Å². The molecular formula is C34H52N4O6. The number of hydrogen-bond donors (Lipinski definition) is 3. The Morgan fingerprint density at radius 3 is 2.52 bits per heavy atom. The lowest BCUT2D eigenvalue weighted by Gasteiger charge is -2.36. The Morgan fingerprint density at radius 1 is 1.14 bits per heavy atom. The first-order valence-electron chi connectivity index (χ1n) is 15.7. The van der Waals surface area contributed by atoms with Gasteiger partial charge < -0.3 is 34.9 Å². The predicted octanol–water partition coefficient (Wildman–Crippen LogP) is 5.15. The van der Waals surface area contributed by atoms with Gasteiger partial charge in [-0.1, -0.05) is 19.1 Å². The minimum absolute atomic E-state index is 0.0318. The molecule has 0 radical (unpaired) electrons. The number of aliphatic hydroxyl groups excluding tert-OH is 1. The molecule has 0 aromatic heterocycles. The molecular weight excluding hydrogens is 560 g/mol. The van der Waals surface area contributed by atoms with Crippen molar-refractivity contribution in [3.8, 4) is 11.5 Å². The zero-order valence-electron chi connectivity index (χ0n) is 27.5. The van der Waals surface area contributed by atoms with Gasteiger partial charge in [0.1, 0.15) is 11.5 Å². The van der Waals surface area contributed by atoms with Crippen LogP contribution in [0, 0.1) is 5.92 Å². The number of nitrogens with zero attached hydrogens (tertiary/aromatic N) is 2. The zero-order chi connectivity index (χ0) is 32.2. The van der Waals surface area contributed by atoms with Crippen LogP contribution in [-0.4, -0.2) is 91.6 Å². The number of ether oxygens (including phenoxy) is 3. The van der Waals surface area contributed by atoms with Crippen LogP contribution in [0.4, 0.5) is 10.5 Å². The number of benzene rings is 2. The van der Waals surface area contributed by atoms with Crippen LogP contribution in [-0.2, 0) is 11.3 Å². The number of carbonyl (C=O) groups is 2. The topological polar surface area (TPSA) is 113 Å². The average molecular weight is 613 g/mol. The summed E-state index contributed by atoms with van der Waals surface area (Å²) in [5.74, 6) is 0.987. The second-order valence-electron chi connectivity index (χ2n) is 12.3. The van der Waals surface area contributed by atoms with Crippen molar-refractivity contribution < 1.29 is 28.9 Å². The van der Waals surface area contributed by atoms with Gasteiger partial charge in [-0.05, 0) is 89.9 Å². The smallest absolute Gasteiger partial charge is 0.319 e. The van der Waals surface area contributed by atoms with Crippen molar-refractivity contribution in [2.24, 2.45) is 5.92 Å². The van der Waals surface area contributed by atoms with E-state index in [4.69, 9.17) is 14.2 Å². The highest BCUT2D eigenvalue weighted by Gasteiger charge is 2.30. The SMILES string of the molecule is COc1ccc(CN(C)C[C@H]2OCCCC[C@@H](C)Oc3ccc(NC(=O)NC(C)C)cc3C(=O)N([C@H](C)CO)C[C@H]2C)cc1. The second-order valence-corrected chi connectivity index (χ2v) is 12.3. The molecule has 1 aliphatic rings. The molecule has 0 unspecified atom stereocenters. The standard InChI is InChI=1S/C34H52N4O6/c1-23(2)35-34(41)36-28-13-16-31-30(18-28)33(40)38(25(4)22-39)19-24(3)32(43-17-9-8-10-26(5)44-31)21-37(6)20-27-11-14-29(42-7)15-12-27/h11-16,18,23-26,32,39H,8-10,17,19-22H2,1-7H3,(H2,35,36,41)/t24-,25-,26-,32-/m1/s1. The Labute approximate surface area is 263 Å². The summed E-state index contributed by atoms with van der Waals surface area (Å²) in [6.07, 6.45) is 2.37. The lowest BCUT2D eigenvalue weighted by atomic mass is 10.0. The fraction of sp³-hybridized carbons (Fsp3) is 0.588. The normalized spacial score (nSPS) is 20.8. The third kappa shape index (κ3) is 10.7. The maximum Gasteiger partial charge on any atom is 0.319 e. The Kier molecular flexibility index (Phi) is 13.8. The summed E-state index contributed by atoms with van der Waals surface area (Å²) in [7, 11) is 3.73. The average Bonchev–Trinajstić information content (AvgIpc) is 2.98. The number of likely N-dealkylation sites (N-methyl/N-ethyl adjacent to an activating group) is 1. The molecule has 3 rings (SSSR count). The number of nitrogens with one attached hydrogen (secondary N) is 2. The zero-order valence-corrected chi connectivity index (χ0v) is 27.5. The van der Waals surface area contributed by atoms with Crippen molar-refractivity contribution in [2.75, 3.05) is 45.8 Å². The quantitative estimate of drug-likeness (QED) is 0.359. The van der Waals surface area contributed by atoms with Crippen LogP contribution in [0.5, 0.6) is 11.5 Å². The Bertz CT molecular complexity index is 1190. The van der Waals surface area contributed by atoms with E-state index in [9.17, 15) is 14.7 Å². The van der Waals surface area contributed by atoms with Crippen LogP contribution in [0.1, 0.15) is 69.8 Å². The summed E-state index contributed by atoms with van der Waals surface area (Å²) in [6.45, 7) is 11.9. The highest BCUT2D eigenvalue weighted by atomic mass is 16.5. The lowest BCUT2D eigenvalue weighted by molar-refractivity contribution is -0.0177. The van der Waals surface area contributed by atoms with Crippen molar-refractivity contribution in [3.63, 3.8) is 0 Å². The molecule has 0 spiro atoms. The number of anilines is 1. The number of urea groups is 1. The maximum atomic E-state index is 14.2. The van der Waals surface area contributed by atoms with E-state index in [1.54, 1.807) is 30.2 Å². The van der Waals surface area contributed by atoms with Crippen LogP contribution in [0.2, 0.25) is 0 Å². The van der Waals surface area contributed by atoms with Crippen LogP contribution in [0.15, 0.2) is 42.5 Å². The molecule has 3 N–H and O–H groups in total. The molecule has 1 heterocycles.